The van der Waals surface area contributed by atoms with Crippen molar-refractivity contribution in [3.8, 4) is 0 Å². The van der Waals surface area contributed by atoms with Crippen LogP contribution in [0.5, 0.6) is 0 Å². The molecule has 6 nitrogen and oxygen atoms in total. The van der Waals surface area contributed by atoms with Crippen LogP contribution in [0.2, 0.25) is 0 Å². The van der Waals surface area contributed by atoms with Gasteiger partial charge < -0.3 is 15.5 Å². The van der Waals surface area contributed by atoms with E-state index >= 15 is 0 Å². The first-order chi connectivity index (χ1) is 9.10. The molecule has 1 fully saturated rings. The summed E-state index contributed by atoms with van der Waals surface area (Å²) < 4.78 is 0. The van der Waals surface area contributed by atoms with Crippen LogP contribution in [-0.2, 0) is 11.3 Å². The quantitative estimate of drug-likeness (QED) is 0.830. The van der Waals surface area contributed by atoms with Gasteiger partial charge in [0.25, 0.3) is 0 Å². The number of aromatic nitrogens is 2. The summed E-state index contributed by atoms with van der Waals surface area (Å²) in [6, 6.07) is 1.91. The first-order valence-electron chi connectivity index (χ1n) is 6.65. The third-order valence-electron chi connectivity index (χ3n) is 3.33. The van der Waals surface area contributed by atoms with Crippen molar-refractivity contribution in [2.24, 2.45) is 5.73 Å². The van der Waals surface area contributed by atoms with Crippen molar-refractivity contribution < 1.29 is 4.79 Å². The number of carbonyl (C=O) groups excluding carboxylic acids is 1. The second kappa shape index (κ2) is 5.97. The van der Waals surface area contributed by atoms with E-state index in [1.807, 2.05) is 17.9 Å². The molecule has 0 unspecified atom stereocenters. The first-order valence-corrected chi connectivity index (χ1v) is 6.65. The summed E-state index contributed by atoms with van der Waals surface area (Å²) in [5.74, 6) is 0.862. The van der Waals surface area contributed by atoms with Crippen LogP contribution in [-0.4, -0.2) is 47.0 Å². The van der Waals surface area contributed by atoms with E-state index < -0.39 is 0 Å². The smallest absolute Gasteiger partial charge is 0.225 e. The van der Waals surface area contributed by atoms with Crippen molar-refractivity contribution in [1.29, 1.82) is 0 Å². The second-order valence-corrected chi connectivity index (χ2v) is 4.85. The molecule has 1 aliphatic heterocycles. The Balaban J connectivity index is 2.13. The van der Waals surface area contributed by atoms with Crippen LogP contribution in [0, 0.1) is 6.92 Å². The Kier molecular flexibility index (Phi) is 4.31. The standard InChI is InChI=1S/C13H21N5O/c1-10-8-12(9-14)16-13(15-10)18-5-3-4-17(6-7-18)11(2)19/h8H,3-7,9,14H2,1-2H3. The van der Waals surface area contributed by atoms with Crippen molar-refractivity contribution in [3.63, 3.8) is 0 Å². The van der Waals surface area contributed by atoms with Crippen LogP contribution < -0.4 is 10.6 Å². The highest BCUT2D eigenvalue weighted by atomic mass is 16.2. The zero-order valence-electron chi connectivity index (χ0n) is 11.6. The van der Waals surface area contributed by atoms with Crippen molar-refractivity contribution in [3.05, 3.63) is 17.5 Å². The molecule has 0 spiro atoms. The number of aryl methyl sites for hydroxylation is 1. The van der Waals surface area contributed by atoms with Crippen molar-refractivity contribution >= 4 is 11.9 Å². The number of hydrogen-bond donors (Lipinski definition) is 1. The van der Waals surface area contributed by atoms with Gasteiger partial charge in [0.1, 0.15) is 0 Å². The molecule has 104 valence electrons. The monoisotopic (exact) mass is 263 g/mol. The van der Waals surface area contributed by atoms with E-state index in [4.69, 9.17) is 5.73 Å². The van der Waals surface area contributed by atoms with Gasteiger partial charge in [-0.1, -0.05) is 0 Å². The van der Waals surface area contributed by atoms with E-state index in [1.165, 1.54) is 0 Å². The van der Waals surface area contributed by atoms with Gasteiger partial charge in [0.15, 0.2) is 0 Å². The topological polar surface area (TPSA) is 75.4 Å². The molecule has 1 aliphatic rings. The lowest BCUT2D eigenvalue weighted by Gasteiger charge is -2.22. The van der Waals surface area contributed by atoms with Crippen molar-refractivity contribution in [2.75, 3.05) is 31.1 Å². The summed E-state index contributed by atoms with van der Waals surface area (Å²) in [5.41, 5.74) is 7.43. The summed E-state index contributed by atoms with van der Waals surface area (Å²) in [6.07, 6.45) is 0.939. The summed E-state index contributed by atoms with van der Waals surface area (Å²) in [4.78, 5) is 24.4. The van der Waals surface area contributed by atoms with Crippen molar-refractivity contribution in [1.82, 2.24) is 14.9 Å². The Bertz CT molecular complexity index is 462. The first kappa shape index (κ1) is 13.7. The third kappa shape index (κ3) is 3.41. The SMILES string of the molecule is CC(=O)N1CCCN(c2nc(C)cc(CN)n2)CC1. The summed E-state index contributed by atoms with van der Waals surface area (Å²) >= 11 is 0. The Labute approximate surface area is 113 Å². The van der Waals surface area contributed by atoms with Crippen LogP contribution in [0.25, 0.3) is 0 Å². The molecule has 19 heavy (non-hydrogen) atoms. The fraction of sp³-hybridized carbons (Fsp3) is 0.615. The van der Waals surface area contributed by atoms with Gasteiger partial charge in [-0.05, 0) is 19.4 Å². The maximum absolute atomic E-state index is 11.4. The van der Waals surface area contributed by atoms with Crippen LogP contribution in [0.4, 0.5) is 5.95 Å². The van der Waals surface area contributed by atoms with Gasteiger partial charge in [-0.2, -0.15) is 0 Å². The van der Waals surface area contributed by atoms with E-state index in [1.54, 1.807) is 6.92 Å². The van der Waals surface area contributed by atoms with E-state index in [0.717, 1.165) is 49.9 Å². The maximum atomic E-state index is 11.4. The molecule has 0 radical (unpaired) electrons. The molecule has 1 amide bonds. The van der Waals surface area contributed by atoms with E-state index in [9.17, 15) is 4.79 Å². The van der Waals surface area contributed by atoms with Crippen LogP contribution in [0.1, 0.15) is 24.7 Å². The molecule has 6 heteroatoms. The van der Waals surface area contributed by atoms with Crippen LogP contribution in [0.3, 0.4) is 0 Å². The highest BCUT2D eigenvalue weighted by molar-refractivity contribution is 5.73. The number of nitrogens with two attached hydrogens (primary N) is 1. The number of anilines is 1. The van der Waals surface area contributed by atoms with E-state index in [2.05, 4.69) is 14.9 Å². The summed E-state index contributed by atoms with van der Waals surface area (Å²) in [7, 11) is 0. The zero-order chi connectivity index (χ0) is 13.8. The predicted molar refractivity (Wildman–Crippen MR) is 73.7 cm³/mol. The van der Waals surface area contributed by atoms with Crippen molar-refractivity contribution in [2.45, 2.75) is 26.8 Å². The average Bonchev–Trinajstić information content (AvgIpc) is 2.63. The van der Waals surface area contributed by atoms with Gasteiger partial charge in [-0.15, -0.1) is 0 Å². The Hall–Kier alpha value is -1.69. The lowest BCUT2D eigenvalue weighted by atomic mass is 10.3. The fourth-order valence-corrected chi connectivity index (χ4v) is 2.30. The van der Waals surface area contributed by atoms with Gasteiger partial charge in [-0.25, -0.2) is 9.97 Å². The minimum atomic E-state index is 0.134. The average molecular weight is 263 g/mol. The van der Waals surface area contributed by atoms with Gasteiger partial charge in [0.05, 0.1) is 5.69 Å². The third-order valence-corrected chi connectivity index (χ3v) is 3.33. The molecule has 0 aromatic carbocycles. The number of nitrogens with zero attached hydrogens (tertiary/aromatic N) is 4. The normalized spacial score (nSPS) is 16.4. The molecule has 2 N–H and O–H groups in total. The lowest BCUT2D eigenvalue weighted by Crippen LogP contribution is -2.34. The van der Waals surface area contributed by atoms with Gasteiger partial charge in [0, 0.05) is 45.3 Å². The molecule has 0 atom stereocenters. The Morgan fingerprint density at radius 2 is 2.11 bits per heavy atom. The van der Waals surface area contributed by atoms with Gasteiger partial charge >= 0.3 is 0 Å². The lowest BCUT2D eigenvalue weighted by molar-refractivity contribution is -0.128. The van der Waals surface area contributed by atoms with Crippen LogP contribution in [0.15, 0.2) is 6.07 Å². The molecular formula is C13H21N5O. The molecule has 1 aromatic heterocycles. The maximum Gasteiger partial charge on any atom is 0.225 e. The molecule has 0 saturated carbocycles. The van der Waals surface area contributed by atoms with Gasteiger partial charge in [-0.3, -0.25) is 4.79 Å². The second-order valence-electron chi connectivity index (χ2n) is 4.85. The molecule has 2 heterocycles. The summed E-state index contributed by atoms with van der Waals surface area (Å²) in [5, 5.41) is 0. The number of amides is 1. The molecular weight excluding hydrogens is 242 g/mol. The predicted octanol–water partition coefficient (Wildman–Crippen LogP) is 0.302. The number of carbonyl (C=O) groups is 1. The minimum Gasteiger partial charge on any atom is -0.341 e. The summed E-state index contributed by atoms with van der Waals surface area (Å²) in [6.45, 7) is 7.16. The molecule has 1 saturated heterocycles. The highest BCUT2D eigenvalue weighted by Crippen LogP contribution is 2.13. The number of hydrogen-bond acceptors (Lipinski definition) is 5. The Morgan fingerprint density at radius 1 is 1.32 bits per heavy atom. The molecule has 0 bridgehead atoms. The van der Waals surface area contributed by atoms with Crippen LogP contribution >= 0.6 is 0 Å². The van der Waals surface area contributed by atoms with E-state index in [-0.39, 0.29) is 5.91 Å². The largest absolute Gasteiger partial charge is 0.341 e. The zero-order valence-corrected chi connectivity index (χ0v) is 11.6. The molecule has 2 rings (SSSR count). The van der Waals surface area contributed by atoms with Gasteiger partial charge in [0.2, 0.25) is 11.9 Å². The highest BCUT2D eigenvalue weighted by Gasteiger charge is 2.18. The fourth-order valence-electron chi connectivity index (χ4n) is 2.30. The minimum absolute atomic E-state index is 0.134. The Morgan fingerprint density at radius 3 is 2.79 bits per heavy atom. The number of rotatable bonds is 2. The molecule has 0 aliphatic carbocycles. The van der Waals surface area contributed by atoms with E-state index in [0.29, 0.717) is 6.54 Å². The molecule has 1 aromatic rings.